The summed E-state index contributed by atoms with van der Waals surface area (Å²) >= 11 is 0. The van der Waals surface area contributed by atoms with Crippen LogP contribution in [0, 0.1) is 10.1 Å². The molecular weight excluding hydrogens is 332 g/mol. The summed E-state index contributed by atoms with van der Waals surface area (Å²) < 4.78 is 5.50. The van der Waals surface area contributed by atoms with Crippen LogP contribution in [0.2, 0.25) is 0 Å². The van der Waals surface area contributed by atoms with Crippen LogP contribution in [-0.2, 0) is 4.79 Å². The van der Waals surface area contributed by atoms with E-state index in [0.717, 1.165) is 5.56 Å². The quantitative estimate of drug-likeness (QED) is 0.470. The molecule has 2 aromatic rings. The van der Waals surface area contributed by atoms with Gasteiger partial charge in [-0.25, -0.2) is 0 Å². The molecule has 0 radical (unpaired) electrons. The SMILES string of the molecule is CC(C)c1ccc(/C=C/C(=O)N2CCOc3ccc([N+](=O)[O-])cc32)cc1. The highest BCUT2D eigenvalue weighted by Gasteiger charge is 2.24. The molecular formula is C20H20N2O4. The Morgan fingerprint density at radius 1 is 1.23 bits per heavy atom. The van der Waals surface area contributed by atoms with Crippen LogP contribution in [0.1, 0.15) is 30.9 Å². The van der Waals surface area contributed by atoms with Gasteiger partial charge in [-0.3, -0.25) is 14.9 Å². The topological polar surface area (TPSA) is 72.7 Å². The van der Waals surface area contributed by atoms with E-state index in [1.54, 1.807) is 6.08 Å². The van der Waals surface area contributed by atoms with Crippen molar-refractivity contribution < 1.29 is 14.5 Å². The third-order valence-corrected chi connectivity index (χ3v) is 4.30. The maximum absolute atomic E-state index is 12.6. The van der Waals surface area contributed by atoms with Crippen molar-refractivity contribution in [2.45, 2.75) is 19.8 Å². The minimum Gasteiger partial charge on any atom is -0.490 e. The van der Waals surface area contributed by atoms with Crippen molar-refractivity contribution in [3.8, 4) is 5.75 Å². The van der Waals surface area contributed by atoms with E-state index in [9.17, 15) is 14.9 Å². The number of non-ortho nitro benzene ring substituents is 1. The molecule has 0 unspecified atom stereocenters. The maximum Gasteiger partial charge on any atom is 0.271 e. The molecule has 6 heteroatoms. The lowest BCUT2D eigenvalue weighted by Crippen LogP contribution is -2.36. The fourth-order valence-electron chi connectivity index (χ4n) is 2.80. The zero-order chi connectivity index (χ0) is 18.7. The predicted molar refractivity (Wildman–Crippen MR) is 101 cm³/mol. The number of nitro groups is 1. The molecule has 0 bridgehead atoms. The van der Waals surface area contributed by atoms with E-state index in [-0.39, 0.29) is 11.6 Å². The molecule has 0 saturated carbocycles. The Morgan fingerprint density at radius 2 is 1.96 bits per heavy atom. The van der Waals surface area contributed by atoms with Crippen molar-refractivity contribution >= 4 is 23.4 Å². The lowest BCUT2D eigenvalue weighted by atomic mass is 10.0. The van der Waals surface area contributed by atoms with Crippen molar-refractivity contribution in [1.82, 2.24) is 0 Å². The van der Waals surface area contributed by atoms with Gasteiger partial charge < -0.3 is 9.64 Å². The molecule has 3 rings (SSSR count). The van der Waals surface area contributed by atoms with Crippen LogP contribution in [0.25, 0.3) is 6.08 Å². The van der Waals surface area contributed by atoms with Crippen LogP contribution in [0.5, 0.6) is 5.75 Å². The van der Waals surface area contributed by atoms with Gasteiger partial charge >= 0.3 is 0 Å². The Bertz CT molecular complexity index is 857. The number of nitrogens with zero attached hydrogens (tertiary/aromatic N) is 2. The summed E-state index contributed by atoms with van der Waals surface area (Å²) in [6, 6.07) is 12.3. The van der Waals surface area contributed by atoms with Gasteiger partial charge in [-0.1, -0.05) is 38.1 Å². The monoisotopic (exact) mass is 352 g/mol. The molecule has 0 N–H and O–H groups in total. The fraction of sp³-hybridized carbons (Fsp3) is 0.250. The Hall–Kier alpha value is -3.15. The minimum atomic E-state index is -0.482. The number of nitro benzene ring substituents is 1. The van der Waals surface area contributed by atoms with Gasteiger partial charge in [0.1, 0.15) is 12.4 Å². The molecule has 2 aromatic carbocycles. The molecule has 0 spiro atoms. The first-order valence-electron chi connectivity index (χ1n) is 8.46. The number of hydrogen-bond acceptors (Lipinski definition) is 4. The average Bonchev–Trinajstić information content (AvgIpc) is 2.65. The standard InChI is InChI=1S/C20H20N2O4/c1-14(2)16-6-3-15(4-7-16)5-10-20(23)21-11-12-26-19-9-8-17(22(24)25)13-18(19)21/h3-10,13-14H,11-12H2,1-2H3/b10-5+. The van der Waals surface area contributed by atoms with Crippen molar-refractivity contribution in [2.75, 3.05) is 18.1 Å². The first-order valence-corrected chi connectivity index (χ1v) is 8.46. The van der Waals surface area contributed by atoms with Crippen LogP contribution in [-0.4, -0.2) is 24.0 Å². The Kier molecular flexibility index (Phi) is 5.02. The smallest absolute Gasteiger partial charge is 0.271 e. The lowest BCUT2D eigenvalue weighted by Gasteiger charge is -2.28. The number of carbonyl (C=O) groups is 1. The molecule has 0 aliphatic carbocycles. The average molecular weight is 352 g/mol. The normalized spacial score (nSPS) is 13.6. The zero-order valence-corrected chi connectivity index (χ0v) is 14.7. The van der Waals surface area contributed by atoms with Crippen LogP contribution >= 0.6 is 0 Å². The molecule has 1 aliphatic heterocycles. The first kappa shape index (κ1) is 17.7. The van der Waals surface area contributed by atoms with E-state index >= 15 is 0 Å². The summed E-state index contributed by atoms with van der Waals surface area (Å²) in [5.41, 5.74) is 2.52. The van der Waals surface area contributed by atoms with Gasteiger partial charge in [0.2, 0.25) is 0 Å². The molecule has 26 heavy (non-hydrogen) atoms. The molecule has 0 saturated heterocycles. The van der Waals surface area contributed by atoms with E-state index < -0.39 is 4.92 Å². The van der Waals surface area contributed by atoms with E-state index in [1.165, 1.54) is 34.7 Å². The molecule has 6 nitrogen and oxygen atoms in total. The highest BCUT2D eigenvalue weighted by atomic mass is 16.6. The number of rotatable bonds is 4. The first-order chi connectivity index (χ1) is 12.5. The highest BCUT2D eigenvalue weighted by Crippen LogP contribution is 2.35. The third kappa shape index (κ3) is 3.74. The van der Waals surface area contributed by atoms with Crippen molar-refractivity contribution in [2.24, 2.45) is 0 Å². The van der Waals surface area contributed by atoms with Crippen LogP contribution in [0.4, 0.5) is 11.4 Å². The van der Waals surface area contributed by atoms with Crippen molar-refractivity contribution in [3.05, 3.63) is 69.8 Å². The summed E-state index contributed by atoms with van der Waals surface area (Å²) in [5, 5.41) is 11.0. The van der Waals surface area contributed by atoms with Gasteiger partial charge in [0.25, 0.3) is 11.6 Å². The molecule has 0 fully saturated rings. The zero-order valence-electron chi connectivity index (χ0n) is 14.7. The van der Waals surface area contributed by atoms with E-state index in [0.29, 0.717) is 30.5 Å². The number of amides is 1. The predicted octanol–water partition coefficient (Wildman–Crippen LogP) is 4.16. The minimum absolute atomic E-state index is 0.0692. The Morgan fingerprint density at radius 3 is 2.62 bits per heavy atom. The van der Waals surface area contributed by atoms with Crippen molar-refractivity contribution in [3.63, 3.8) is 0 Å². The molecule has 0 aromatic heterocycles. The number of hydrogen-bond donors (Lipinski definition) is 0. The summed E-state index contributed by atoms with van der Waals surface area (Å²) in [7, 11) is 0. The van der Waals surface area contributed by atoms with Gasteiger partial charge in [-0.05, 0) is 29.2 Å². The van der Waals surface area contributed by atoms with Crippen LogP contribution in [0.15, 0.2) is 48.5 Å². The highest BCUT2D eigenvalue weighted by molar-refractivity contribution is 6.05. The Labute approximate surface area is 151 Å². The molecule has 1 aliphatic rings. The lowest BCUT2D eigenvalue weighted by molar-refractivity contribution is -0.384. The second-order valence-corrected chi connectivity index (χ2v) is 6.40. The number of benzene rings is 2. The van der Waals surface area contributed by atoms with Crippen LogP contribution < -0.4 is 9.64 Å². The summed E-state index contributed by atoms with van der Waals surface area (Å²) in [6.07, 6.45) is 3.23. The third-order valence-electron chi connectivity index (χ3n) is 4.30. The second-order valence-electron chi connectivity index (χ2n) is 6.40. The molecule has 1 amide bonds. The summed E-state index contributed by atoms with van der Waals surface area (Å²) in [5.74, 6) is 0.697. The van der Waals surface area contributed by atoms with Gasteiger partial charge in [0.05, 0.1) is 17.2 Å². The number of anilines is 1. The van der Waals surface area contributed by atoms with E-state index in [2.05, 4.69) is 13.8 Å². The van der Waals surface area contributed by atoms with Gasteiger partial charge in [-0.15, -0.1) is 0 Å². The second kappa shape index (κ2) is 7.39. The number of ether oxygens (including phenoxy) is 1. The number of carbonyl (C=O) groups excluding carboxylic acids is 1. The molecule has 1 heterocycles. The summed E-state index contributed by atoms with van der Waals surface area (Å²) in [4.78, 5) is 24.6. The molecule has 134 valence electrons. The van der Waals surface area contributed by atoms with Gasteiger partial charge in [-0.2, -0.15) is 0 Å². The van der Waals surface area contributed by atoms with Crippen LogP contribution in [0.3, 0.4) is 0 Å². The number of fused-ring (bicyclic) bond motifs is 1. The fourth-order valence-corrected chi connectivity index (χ4v) is 2.80. The maximum atomic E-state index is 12.6. The van der Waals surface area contributed by atoms with Crippen molar-refractivity contribution in [1.29, 1.82) is 0 Å². The Balaban J connectivity index is 1.80. The van der Waals surface area contributed by atoms with E-state index in [1.807, 2.05) is 24.3 Å². The van der Waals surface area contributed by atoms with Gasteiger partial charge in [0, 0.05) is 18.2 Å². The summed E-state index contributed by atoms with van der Waals surface area (Å²) in [6.45, 7) is 4.96. The van der Waals surface area contributed by atoms with Gasteiger partial charge in [0.15, 0.2) is 0 Å². The largest absolute Gasteiger partial charge is 0.490 e. The molecule has 0 atom stereocenters. The van der Waals surface area contributed by atoms with E-state index in [4.69, 9.17) is 4.74 Å².